The number of rotatable bonds is 2. The van der Waals surface area contributed by atoms with Gasteiger partial charge in [0.2, 0.25) is 5.91 Å². The van der Waals surface area contributed by atoms with Gasteiger partial charge in [-0.1, -0.05) is 0 Å². The van der Waals surface area contributed by atoms with Gasteiger partial charge in [-0.15, -0.1) is 0 Å². The van der Waals surface area contributed by atoms with Gasteiger partial charge in [-0.25, -0.2) is 0 Å². The third kappa shape index (κ3) is 2.93. The van der Waals surface area contributed by atoms with Crippen LogP contribution in [0.1, 0.15) is 32.1 Å². The largest absolute Gasteiger partial charge is 0.375 e. The highest BCUT2D eigenvalue weighted by molar-refractivity contribution is 5.79. The van der Waals surface area contributed by atoms with Crippen molar-refractivity contribution in [3.8, 4) is 0 Å². The Morgan fingerprint density at radius 3 is 2.63 bits per heavy atom. The van der Waals surface area contributed by atoms with Crippen LogP contribution in [0.15, 0.2) is 0 Å². The zero-order valence-corrected chi connectivity index (χ0v) is 11.4. The van der Waals surface area contributed by atoms with Crippen LogP contribution in [0.2, 0.25) is 0 Å². The highest BCUT2D eigenvalue weighted by Gasteiger charge is 2.36. The summed E-state index contributed by atoms with van der Waals surface area (Å²) in [5.41, 5.74) is 5.90. The molecule has 2 saturated heterocycles. The van der Waals surface area contributed by atoms with Crippen LogP contribution in [0.3, 0.4) is 0 Å². The first kappa shape index (κ1) is 13.3. The minimum absolute atomic E-state index is 0.0651. The maximum absolute atomic E-state index is 12.5. The lowest BCUT2D eigenvalue weighted by atomic mass is 10.0. The average molecular weight is 268 g/mol. The topological polar surface area (TPSA) is 64.8 Å². The van der Waals surface area contributed by atoms with Crippen molar-refractivity contribution in [3.63, 3.8) is 0 Å². The Labute approximate surface area is 114 Å². The van der Waals surface area contributed by atoms with E-state index in [-0.39, 0.29) is 30.1 Å². The van der Waals surface area contributed by atoms with Crippen molar-refractivity contribution in [2.24, 2.45) is 11.7 Å². The summed E-state index contributed by atoms with van der Waals surface area (Å²) < 4.78 is 11.5. The average Bonchev–Trinajstić information content (AvgIpc) is 3.09. The molecule has 3 rings (SSSR count). The van der Waals surface area contributed by atoms with Crippen molar-refractivity contribution in [2.75, 3.05) is 26.3 Å². The van der Waals surface area contributed by atoms with E-state index in [0.29, 0.717) is 19.7 Å². The normalized spacial score (nSPS) is 39.7. The number of carbonyl (C=O) groups excluding carboxylic acids is 1. The number of hydrogen-bond donors (Lipinski definition) is 1. The van der Waals surface area contributed by atoms with E-state index in [1.54, 1.807) is 0 Å². The minimum Gasteiger partial charge on any atom is -0.375 e. The first-order chi connectivity index (χ1) is 9.24. The van der Waals surface area contributed by atoms with Crippen LogP contribution in [0.5, 0.6) is 0 Å². The molecule has 2 aliphatic heterocycles. The molecule has 1 amide bonds. The lowest BCUT2D eigenvalue weighted by Gasteiger charge is -2.36. The molecule has 0 aromatic carbocycles. The van der Waals surface area contributed by atoms with Crippen molar-refractivity contribution in [3.05, 3.63) is 0 Å². The fourth-order valence-corrected chi connectivity index (χ4v) is 3.50. The summed E-state index contributed by atoms with van der Waals surface area (Å²) in [5.74, 6) is 0.414. The first-order valence-corrected chi connectivity index (χ1v) is 7.51. The molecule has 1 aliphatic carbocycles. The van der Waals surface area contributed by atoms with Gasteiger partial charge < -0.3 is 20.1 Å². The second-order valence-corrected chi connectivity index (χ2v) is 6.02. The number of hydrogen-bond acceptors (Lipinski definition) is 4. The molecule has 2 heterocycles. The number of carbonyl (C=O) groups is 1. The summed E-state index contributed by atoms with van der Waals surface area (Å²) in [6, 6.07) is 0.212. The van der Waals surface area contributed by atoms with Gasteiger partial charge in [0, 0.05) is 31.7 Å². The van der Waals surface area contributed by atoms with Crippen molar-refractivity contribution < 1.29 is 14.3 Å². The molecule has 3 fully saturated rings. The molecule has 0 unspecified atom stereocenters. The second-order valence-electron chi connectivity index (χ2n) is 6.02. The Morgan fingerprint density at radius 2 is 1.95 bits per heavy atom. The molecule has 3 aliphatic rings. The third-order valence-electron chi connectivity index (χ3n) is 4.61. The van der Waals surface area contributed by atoms with E-state index in [2.05, 4.69) is 0 Å². The molecule has 108 valence electrons. The lowest BCUT2D eigenvalue weighted by Crippen LogP contribution is -2.51. The van der Waals surface area contributed by atoms with Crippen LogP contribution in [-0.2, 0) is 14.3 Å². The van der Waals surface area contributed by atoms with E-state index in [1.165, 1.54) is 0 Å². The predicted molar refractivity (Wildman–Crippen MR) is 70.6 cm³/mol. The lowest BCUT2D eigenvalue weighted by molar-refractivity contribution is -0.148. The quantitative estimate of drug-likeness (QED) is 0.793. The van der Waals surface area contributed by atoms with E-state index in [4.69, 9.17) is 15.2 Å². The number of amides is 1. The summed E-state index contributed by atoms with van der Waals surface area (Å²) in [7, 11) is 0. The standard InChI is InChI=1S/C14H24N2O3/c15-11-4-3-10(8-11)14(17)16-5-7-19-13(9-16)12-2-1-6-18-12/h10-13H,1-9,15H2/t10-,11+,12-,13+/m0/s1. The van der Waals surface area contributed by atoms with Crippen LogP contribution < -0.4 is 5.73 Å². The van der Waals surface area contributed by atoms with Crippen LogP contribution in [0.4, 0.5) is 0 Å². The highest BCUT2D eigenvalue weighted by Crippen LogP contribution is 2.28. The Kier molecular flexibility index (Phi) is 4.05. The third-order valence-corrected chi connectivity index (χ3v) is 4.61. The Balaban J connectivity index is 1.56. The summed E-state index contributed by atoms with van der Waals surface area (Å²) >= 11 is 0. The summed E-state index contributed by atoms with van der Waals surface area (Å²) in [5, 5.41) is 0. The first-order valence-electron chi connectivity index (χ1n) is 7.51. The molecule has 5 heteroatoms. The Bertz CT molecular complexity index is 331. The van der Waals surface area contributed by atoms with Gasteiger partial charge in [-0.2, -0.15) is 0 Å². The fraction of sp³-hybridized carbons (Fsp3) is 0.929. The van der Waals surface area contributed by atoms with Gasteiger partial charge in [0.05, 0.1) is 12.7 Å². The molecule has 0 spiro atoms. The van der Waals surface area contributed by atoms with E-state index in [9.17, 15) is 4.79 Å². The molecule has 0 aromatic heterocycles. The van der Waals surface area contributed by atoms with Gasteiger partial charge in [0.25, 0.3) is 0 Å². The summed E-state index contributed by atoms with van der Waals surface area (Å²) in [6.45, 7) is 2.87. The van der Waals surface area contributed by atoms with E-state index in [0.717, 1.165) is 38.7 Å². The van der Waals surface area contributed by atoms with Crippen LogP contribution in [0, 0.1) is 5.92 Å². The fourth-order valence-electron chi connectivity index (χ4n) is 3.50. The molecular formula is C14H24N2O3. The zero-order chi connectivity index (χ0) is 13.2. The predicted octanol–water partition coefficient (Wildman–Crippen LogP) is 0.520. The van der Waals surface area contributed by atoms with Crippen LogP contribution in [-0.4, -0.2) is 55.4 Å². The molecule has 19 heavy (non-hydrogen) atoms. The maximum atomic E-state index is 12.5. The van der Waals surface area contributed by atoms with Crippen LogP contribution >= 0.6 is 0 Å². The van der Waals surface area contributed by atoms with Gasteiger partial charge in [0.15, 0.2) is 0 Å². The number of ether oxygens (including phenoxy) is 2. The molecule has 1 saturated carbocycles. The number of nitrogens with zero attached hydrogens (tertiary/aromatic N) is 1. The van der Waals surface area contributed by atoms with Crippen molar-refractivity contribution >= 4 is 5.91 Å². The van der Waals surface area contributed by atoms with Crippen LogP contribution in [0.25, 0.3) is 0 Å². The van der Waals surface area contributed by atoms with E-state index in [1.807, 2.05) is 4.90 Å². The zero-order valence-electron chi connectivity index (χ0n) is 11.4. The van der Waals surface area contributed by atoms with Gasteiger partial charge in [0.1, 0.15) is 6.10 Å². The number of morpholine rings is 1. The Hall–Kier alpha value is -0.650. The van der Waals surface area contributed by atoms with E-state index < -0.39 is 0 Å². The molecule has 0 aromatic rings. The number of nitrogens with two attached hydrogens (primary N) is 1. The second kappa shape index (κ2) is 5.77. The van der Waals surface area contributed by atoms with Gasteiger partial charge in [-0.3, -0.25) is 4.79 Å². The summed E-state index contributed by atoms with van der Waals surface area (Å²) in [6.07, 6.45) is 5.19. The summed E-state index contributed by atoms with van der Waals surface area (Å²) in [4.78, 5) is 14.5. The molecule has 0 radical (unpaired) electrons. The minimum atomic E-state index is 0.0651. The Morgan fingerprint density at radius 1 is 1.11 bits per heavy atom. The SMILES string of the molecule is N[C@@H]1CC[C@H](C(=O)N2CCO[C@@H]([C@@H]3CCCO3)C2)C1. The molecule has 2 N–H and O–H groups in total. The molecule has 0 bridgehead atoms. The molecule has 4 atom stereocenters. The smallest absolute Gasteiger partial charge is 0.225 e. The maximum Gasteiger partial charge on any atom is 0.225 e. The van der Waals surface area contributed by atoms with Gasteiger partial charge >= 0.3 is 0 Å². The molecule has 5 nitrogen and oxygen atoms in total. The highest BCUT2D eigenvalue weighted by atomic mass is 16.5. The van der Waals surface area contributed by atoms with Crippen molar-refractivity contribution in [2.45, 2.75) is 50.4 Å². The molecular weight excluding hydrogens is 244 g/mol. The van der Waals surface area contributed by atoms with Crippen molar-refractivity contribution in [1.82, 2.24) is 4.90 Å². The monoisotopic (exact) mass is 268 g/mol. The van der Waals surface area contributed by atoms with E-state index >= 15 is 0 Å². The van der Waals surface area contributed by atoms with Crippen molar-refractivity contribution in [1.29, 1.82) is 0 Å². The van der Waals surface area contributed by atoms with Gasteiger partial charge in [-0.05, 0) is 32.1 Å².